The molecule has 28 heavy (non-hydrogen) atoms. The van der Waals surface area contributed by atoms with E-state index in [1.807, 2.05) is 11.6 Å². The van der Waals surface area contributed by atoms with E-state index in [9.17, 15) is 14.0 Å². The highest BCUT2D eigenvalue weighted by molar-refractivity contribution is 5.94. The number of aryl methyl sites for hydroxylation is 1. The predicted octanol–water partition coefficient (Wildman–Crippen LogP) is 1.90. The number of nitrogens with one attached hydrogen (secondary N) is 1. The standard InChI is InChI=1S/C20H23FN4O3/c1-13-3-4-16(21)15(9-13)19(27)24-7-5-20(6-8-24)12-25-14(11-28-20)10-17(23-25)18(26)22-2/h3-4,9-10H,5-8,11-12H2,1-2H3,(H,22,26). The topological polar surface area (TPSA) is 76.5 Å². The average molecular weight is 386 g/mol. The van der Waals surface area contributed by atoms with Crippen molar-refractivity contribution in [2.45, 2.75) is 38.5 Å². The molecule has 4 rings (SSSR count). The molecule has 2 aliphatic rings. The fourth-order valence-electron chi connectivity index (χ4n) is 3.89. The second kappa shape index (κ2) is 7.01. The number of piperidine rings is 1. The van der Waals surface area contributed by atoms with E-state index in [0.29, 0.717) is 44.8 Å². The highest BCUT2D eigenvalue weighted by atomic mass is 19.1. The smallest absolute Gasteiger partial charge is 0.271 e. The Labute approximate surface area is 162 Å². The predicted molar refractivity (Wildman–Crippen MR) is 99.4 cm³/mol. The van der Waals surface area contributed by atoms with Gasteiger partial charge in [-0.2, -0.15) is 5.10 Å². The van der Waals surface area contributed by atoms with Crippen LogP contribution in [0.4, 0.5) is 4.39 Å². The quantitative estimate of drug-likeness (QED) is 0.855. The lowest BCUT2D eigenvalue weighted by molar-refractivity contribution is -0.119. The molecule has 0 bridgehead atoms. The largest absolute Gasteiger partial charge is 0.367 e. The lowest BCUT2D eigenvalue weighted by atomic mass is 9.89. The van der Waals surface area contributed by atoms with E-state index in [0.717, 1.165) is 11.3 Å². The third-order valence-corrected chi connectivity index (χ3v) is 5.60. The molecule has 7 nitrogen and oxygen atoms in total. The Morgan fingerprint density at radius 3 is 2.71 bits per heavy atom. The maximum absolute atomic E-state index is 14.1. The van der Waals surface area contributed by atoms with Crippen LogP contribution in [0.25, 0.3) is 0 Å². The molecule has 1 spiro atoms. The van der Waals surface area contributed by atoms with Gasteiger partial charge < -0.3 is 15.0 Å². The van der Waals surface area contributed by atoms with Crippen LogP contribution in [0.3, 0.4) is 0 Å². The normalized spacial score (nSPS) is 18.0. The minimum absolute atomic E-state index is 0.116. The monoisotopic (exact) mass is 386 g/mol. The van der Waals surface area contributed by atoms with Gasteiger partial charge >= 0.3 is 0 Å². The average Bonchev–Trinajstić information content (AvgIpc) is 3.12. The molecule has 2 amide bonds. The number of nitrogens with zero attached hydrogens (tertiary/aromatic N) is 3. The molecular formula is C20H23FN4O3. The van der Waals surface area contributed by atoms with Crippen LogP contribution in [0.5, 0.6) is 0 Å². The zero-order valence-corrected chi connectivity index (χ0v) is 16.0. The maximum atomic E-state index is 14.1. The highest BCUT2D eigenvalue weighted by Crippen LogP contribution is 2.33. The molecule has 8 heteroatoms. The lowest BCUT2D eigenvalue weighted by Gasteiger charge is -2.43. The number of fused-ring (bicyclic) bond motifs is 1. The number of benzene rings is 1. The molecule has 2 aromatic rings. The molecule has 148 valence electrons. The van der Waals surface area contributed by atoms with E-state index < -0.39 is 11.4 Å². The minimum Gasteiger partial charge on any atom is -0.367 e. The summed E-state index contributed by atoms with van der Waals surface area (Å²) in [5.41, 5.74) is 1.79. The summed E-state index contributed by atoms with van der Waals surface area (Å²) in [6, 6.07) is 6.32. The first-order valence-corrected chi connectivity index (χ1v) is 9.39. The van der Waals surface area contributed by atoms with E-state index in [1.54, 1.807) is 30.1 Å². The van der Waals surface area contributed by atoms with Crippen LogP contribution in [-0.4, -0.2) is 52.2 Å². The van der Waals surface area contributed by atoms with Gasteiger partial charge in [0.1, 0.15) is 5.82 Å². The summed E-state index contributed by atoms with van der Waals surface area (Å²) in [7, 11) is 1.57. The zero-order chi connectivity index (χ0) is 19.9. The molecule has 3 heterocycles. The molecule has 0 radical (unpaired) electrons. The van der Waals surface area contributed by atoms with Gasteiger partial charge in [0, 0.05) is 20.1 Å². The van der Waals surface area contributed by atoms with Crippen LogP contribution in [0, 0.1) is 12.7 Å². The van der Waals surface area contributed by atoms with E-state index in [2.05, 4.69) is 10.4 Å². The number of carbonyl (C=O) groups excluding carboxylic acids is 2. The second-order valence-corrected chi connectivity index (χ2v) is 7.50. The molecule has 0 aliphatic carbocycles. The van der Waals surface area contributed by atoms with Crippen molar-refractivity contribution in [3.63, 3.8) is 0 Å². The Balaban J connectivity index is 1.45. The molecule has 1 saturated heterocycles. The Morgan fingerprint density at radius 1 is 1.25 bits per heavy atom. The molecule has 1 fully saturated rings. The van der Waals surface area contributed by atoms with Gasteiger partial charge in [-0.25, -0.2) is 4.39 Å². The van der Waals surface area contributed by atoms with Crippen LogP contribution in [0.15, 0.2) is 24.3 Å². The fraction of sp³-hybridized carbons (Fsp3) is 0.450. The van der Waals surface area contributed by atoms with E-state index in [4.69, 9.17) is 4.74 Å². The summed E-state index contributed by atoms with van der Waals surface area (Å²) in [4.78, 5) is 26.2. The molecular weight excluding hydrogens is 363 g/mol. The lowest BCUT2D eigenvalue weighted by Crippen LogP contribution is -2.52. The number of halogens is 1. The number of aromatic nitrogens is 2. The van der Waals surface area contributed by atoms with Crippen molar-refractivity contribution in [1.82, 2.24) is 20.0 Å². The van der Waals surface area contributed by atoms with E-state index >= 15 is 0 Å². The Hall–Kier alpha value is -2.74. The fourth-order valence-corrected chi connectivity index (χ4v) is 3.89. The maximum Gasteiger partial charge on any atom is 0.271 e. The summed E-state index contributed by atoms with van der Waals surface area (Å²) in [5, 5.41) is 6.96. The zero-order valence-electron chi connectivity index (χ0n) is 16.0. The van der Waals surface area contributed by atoms with Gasteiger partial charge in [0.2, 0.25) is 0 Å². The first-order valence-electron chi connectivity index (χ1n) is 9.39. The van der Waals surface area contributed by atoms with Crippen molar-refractivity contribution >= 4 is 11.8 Å². The van der Waals surface area contributed by atoms with Crippen molar-refractivity contribution in [3.8, 4) is 0 Å². The van der Waals surface area contributed by atoms with Gasteiger partial charge in [0.05, 0.1) is 30.0 Å². The number of hydrogen-bond donors (Lipinski definition) is 1. The first-order chi connectivity index (χ1) is 13.4. The summed E-state index contributed by atoms with van der Waals surface area (Å²) < 4.78 is 22.0. The van der Waals surface area contributed by atoms with Gasteiger partial charge in [0.25, 0.3) is 11.8 Å². The van der Waals surface area contributed by atoms with Crippen LogP contribution in [0.2, 0.25) is 0 Å². The molecule has 0 unspecified atom stereocenters. The van der Waals surface area contributed by atoms with Crippen LogP contribution in [-0.2, 0) is 17.9 Å². The Bertz CT molecular complexity index is 932. The van der Waals surface area contributed by atoms with Crippen molar-refractivity contribution in [2.24, 2.45) is 0 Å². The van der Waals surface area contributed by atoms with Crippen LogP contribution >= 0.6 is 0 Å². The summed E-state index contributed by atoms with van der Waals surface area (Å²) >= 11 is 0. The number of rotatable bonds is 2. The number of amides is 2. The van der Waals surface area contributed by atoms with Crippen molar-refractivity contribution in [2.75, 3.05) is 20.1 Å². The second-order valence-electron chi connectivity index (χ2n) is 7.50. The molecule has 0 saturated carbocycles. The van der Waals surface area contributed by atoms with Gasteiger partial charge in [-0.05, 0) is 38.0 Å². The molecule has 0 atom stereocenters. The highest BCUT2D eigenvalue weighted by Gasteiger charge is 2.41. The summed E-state index contributed by atoms with van der Waals surface area (Å²) in [5.74, 6) is -1.00. The Kier molecular flexibility index (Phi) is 4.66. The van der Waals surface area contributed by atoms with Gasteiger partial charge in [-0.1, -0.05) is 11.6 Å². The van der Waals surface area contributed by atoms with E-state index in [1.165, 1.54) is 6.07 Å². The van der Waals surface area contributed by atoms with Crippen LogP contribution in [0.1, 0.15) is 44.9 Å². The first kappa shape index (κ1) is 18.6. The molecule has 1 aromatic heterocycles. The van der Waals surface area contributed by atoms with Crippen molar-refractivity contribution in [1.29, 1.82) is 0 Å². The number of ether oxygens (including phenoxy) is 1. The van der Waals surface area contributed by atoms with Gasteiger partial charge in [-0.15, -0.1) is 0 Å². The summed E-state index contributed by atoms with van der Waals surface area (Å²) in [6.45, 7) is 3.74. The van der Waals surface area contributed by atoms with Gasteiger partial charge in [0.15, 0.2) is 5.69 Å². The van der Waals surface area contributed by atoms with Gasteiger partial charge in [-0.3, -0.25) is 14.3 Å². The molecule has 2 aliphatic heterocycles. The number of hydrogen-bond acceptors (Lipinski definition) is 4. The molecule has 1 N–H and O–H groups in total. The molecule has 1 aromatic carbocycles. The SMILES string of the molecule is CNC(=O)c1cc2n(n1)CC1(CCN(C(=O)c3cc(C)ccc3F)CC1)OC2. The van der Waals surface area contributed by atoms with E-state index in [-0.39, 0.29) is 17.4 Å². The third kappa shape index (κ3) is 3.28. The third-order valence-electron chi connectivity index (χ3n) is 5.60. The van der Waals surface area contributed by atoms with Crippen LogP contribution < -0.4 is 5.32 Å². The number of carbonyl (C=O) groups is 2. The minimum atomic E-state index is -0.493. The van der Waals surface area contributed by atoms with Crippen molar-refractivity contribution in [3.05, 3.63) is 52.6 Å². The Morgan fingerprint density at radius 2 is 2.00 bits per heavy atom. The summed E-state index contributed by atoms with van der Waals surface area (Å²) in [6.07, 6.45) is 1.28. The number of likely N-dealkylation sites (tertiary alicyclic amines) is 1. The van der Waals surface area contributed by atoms with Crippen molar-refractivity contribution < 1.29 is 18.7 Å².